The van der Waals surface area contributed by atoms with Crippen molar-refractivity contribution < 1.29 is 9.53 Å². The summed E-state index contributed by atoms with van der Waals surface area (Å²) in [7, 11) is 0. The van der Waals surface area contributed by atoms with E-state index in [1.165, 1.54) is 0 Å². The summed E-state index contributed by atoms with van der Waals surface area (Å²) in [5.41, 5.74) is 2.02. The monoisotopic (exact) mass is 234 g/mol. The Morgan fingerprint density at radius 1 is 1.59 bits per heavy atom. The number of ether oxygens (including phenoxy) is 1. The lowest BCUT2D eigenvalue weighted by Gasteiger charge is -2.27. The SMILES string of the molecule is CCC(C)N1C(=O)OCC1c1ccc(C)nc1. The van der Waals surface area contributed by atoms with Gasteiger partial charge in [-0.2, -0.15) is 0 Å². The van der Waals surface area contributed by atoms with Crippen molar-refractivity contribution in [2.24, 2.45) is 0 Å². The molecule has 1 aliphatic rings. The highest BCUT2D eigenvalue weighted by molar-refractivity contribution is 5.71. The Morgan fingerprint density at radius 2 is 2.35 bits per heavy atom. The number of rotatable bonds is 3. The molecular formula is C13H18N2O2. The second-order valence-electron chi connectivity index (χ2n) is 4.49. The van der Waals surface area contributed by atoms with Crippen LogP contribution in [-0.4, -0.2) is 28.6 Å². The molecule has 0 aromatic carbocycles. The minimum absolute atomic E-state index is 0.00514. The summed E-state index contributed by atoms with van der Waals surface area (Å²) in [6.45, 7) is 6.49. The predicted octanol–water partition coefficient (Wildman–Crippen LogP) is 2.68. The summed E-state index contributed by atoms with van der Waals surface area (Å²) in [6.07, 6.45) is 2.53. The number of hydrogen-bond acceptors (Lipinski definition) is 3. The van der Waals surface area contributed by atoms with E-state index in [0.717, 1.165) is 17.7 Å². The van der Waals surface area contributed by atoms with Gasteiger partial charge in [0.05, 0.1) is 6.04 Å². The lowest BCUT2D eigenvalue weighted by Crippen LogP contribution is -2.35. The van der Waals surface area contributed by atoms with Gasteiger partial charge in [0.2, 0.25) is 0 Å². The number of cyclic esters (lactones) is 1. The van der Waals surface area contributed by atoms with Gasteiger partial charge in [0, 0.05) is 17.9 Å². The molecule has 0 saturated carbocycles. The molecule has 2 heterocycles. The Bertz CT molecular complexity index is 402. The van der Waals surface area contributed by atoms with Crippen LogP contribution in [0.2, 0.25) is 0 Å². The molecule has 4 nitrogen and oxygen atoms in total. The van der Waals surface area contributed by atoms with Crippen molar-refractivity contribution in [2.45, 2.75) is 39.3 Å². The molecule has 2 unspecified atom stereocenters. The second-order valence-corrected chi connectivity index (χ2v) is 4.49. The molecule has 4 heteroatoms. The van der Waals surface area contributed by atoms with Crippen LogP contribution in [0, 0.1) is 6.92 Å². The first-order valence-corrected chi connectivity index (χ1v) is 6.01. The van der Waals surface area contributed by atoms with Gasteiger partial charge in [-0.25, -0.2) is 4.79 Å². The maximum Gasteiger partial charge on any atom is 0.410 e. The number of nitrogens with zero attached hydrogens (tertiary/aromatic N) is 2. The number of pyridine rings is 1. The van der Waals surface area contributed by atoms with Crippen LogP contribution >= 0.6 is 0 Å². The number of aromatic nitrogens is 1. The maximum absolute atomic E-state index is 11.7. The number of carbonyl (C=O) groups excluding carboxylic acids is 1. The third-order valence-electron chi connectivity index (χ3n) is 3.30. The zero-order valence-corrected chi connectivity index (χ0v) is 10.5. The van der Waals surface area contributed by atoms with Crippen LogP contribution in [0.5, 0.6) is 0 Å². The van der Waals surface area contributed by atoms with Gasteiger partial charge in [-0.05, 0) is 31.9 Å². The van der Waals surface area contributed by atoms with Gasteiger partial charge in [-0.1, -0.05) is 13.0 Å². The minimum Gasteiger partial charge on any atom is -0.447 e. The van der Waals surface area contributed by atoms with Gasteiger partial charge in [0.15, 0.2) is 0 Å². The number of amides is 1. The van der Waals surface area contributed by atoms with Gasteiger partial charge >= 0.3 is 6.09 Å². The summed E-state index contributed by atoms with van der Waals surface area (Å²) < 4.78 is 5.14. The predicted molar refractivity (Wildman–Crippen MR) is 64.7 cm³/mol. The largest absolute Gasteiger partial charge is 0.447 e. The lowest BCUT2D eigenvalue weighted by atomic mass is 10.1. The highest BCUT2D eigenvalue weighted by atomic mass is 16.6. The van der Waals surface area contributed by atoms with E-state index in [9.17, 15) is 4.79 Å². The van der Waals surface area contributed by atoms with Crippen molar-refractivity contribution in [1.29, 1.82) is 0 Å². The average molecular weight is 234 g/mol. The fourth-order valence-electron chi connectivity index (χ4n) is 2.05. The van der Waals surface area contributed by atoms with Crippen molar-refractivity contribution in [3.8, 4) is 0 Å². The molecule has 1 saturated heterocycles. The van der Waals surface area contributed by atoms with Gasteiger partial charge in [-0.3, -0.25) is 9.88 Å². The number of hydrogen-bond donors (Lipinski definition) is 0. The molecule has 0 spiro atoms. The normalized spacial score (nSPS) is 21.5. The number of carbonyl (C=O) groups is 1. The molecule has 2 atom stereocenters. The molecular weight excluding hydrogens is 216 g/mol. The summed E-state index contributed by atoms with van der Waals surface area (Å²) in [5, 5.41) is 0. The topological polar surface area (TPSA) is 42.4 Å². The van der Waals surface area contributed by atoms with Crippen LogP contribution in [0.4, 0.5) is 4.79 Å². The third kappa shape index (κ3) is 2.25. The van der Waals surface area contributed by atoms with Gasteiger partial charge in [0.1, 0.15) is 6.61 Å². The van der Waals surface area contributed by atoms with E-state index in [2.05, 4.69) is 11.9 Å². The molecule has 1 amide bonds. The van der Waals surface area contributed by atoms with Crippen LogP contribution < -0.4 is 0 Å². The summed E-state index contributed by atoms with van der Waals surface area (Å²) in [6, 6.07) is 4.18. The Kier molecular flexibility index (Phi) is 3.31. The first kappa shape index (κ1) is 11.9. The van der Waals surface area contributed by atoms with Crippen molar-refractivity contribution in [3.05, 3.63) is 29.6 Å². The molecule has 0 aliphatic carbocycles. The summed E-state index contributed by atoms with van der Waals surface area (Å²) in [4.78, 5) is 17.8. The molecule has 0 radical (unpaired) electrons. The first-order chi connectivity index (χ1) is 8.13. The molecule has 1 aromatic heterocycles. The lowest BCUT2D eigenvalue weighted by molar-refractivity contribution is 0.146. The van der Waals surface area contributed by atoms with E-state index in [1.807, 2.05) is 37.1 Å². The quantitative estimate of drug-likeness (QED) is 0.807. The van der Waals surface area contributed by atoms with Crippen molar-refractivity contribution in [1.82, 2.24) is 9.88 Å². The standard InChI is InChI=1S/C13H18N2O2/c1-4-10(3)15-12(8-17-13(15)16)11-6-5-9(2)14-7-11/h5-7,10,12H,4,8H2,1-3H3. The van der Waals surface area contributed by atoms with Crippen molar-refractivity contribution in [3.63, 3.8) is 0 Å². The molecule has 92 valence electrons. The molecule has 1 fully saturated rings. The molecule has 0 N–H and O–H groups in total. The first-order valence-electron chi connectivity index (χ1n) is 6.01. The summed E-state index contributed by atoms with van der Waals surface area (Å²) >= 11 is 0. The third-order valence-corrected chi connectivity index (χ3v) is 3.30. The average Bonchev–Trinajstić information content (AvgIpc) is 2.71. The highest BCUT2D eigenvalue weighted by Crippen LogP contribution is 2.30. The van der Waals surface area contributed by atoms with Crippen LogP contribution in [0.1, 0.15) is 37.6 Å². The molecule has 2 rings (SSSR count). The highest BCUT2D eigenvalue weighted by Gasteiger charge is 2.36. The van der Waals surface area contributed by atoms with E-state index < -0.39 is 0 Å². The van der Waals surface area contributed by atoms with Crippen LogP contribution in [-0.2, 0) is 4.74 Å². The van der Waals surface area contributed by atoms with Crippen molar-refractivity contribution >= 4 is 6.09 Å². The Hall–Kier alpha value is -1.58. The minimum atomic E-state index is -0.218. The summed E-state index contributed by atoms with van der Waals surface area (Å²) in [5.74, 6) is 0. The Balaban J connectivity index is 2.25. The fourth-order valence-corrected chi connectivity index (χ4v) is 2.05. The van der Waals surface area contributed by atoms with Crippen LogP contribution in [0.15, 0.2) is 18.3 Å². The zero-order valence-electron chi connectivity index (χ0n) is 10.5. The molecule has 1 aliphatic heterocycles. The maximum atomic E-state index is 11.7. The fraction of sp³-hybridized carbons (Fsp3) is 0.538. The van der Waals surface area contributed by atoms with Gasteiger partial charge in [-0.15, -0.1) is 0 Å². The van der Waals surface area contributed by atoms with Gasteiger partial charge in [0.25, 0.3) is 0 Å². The van der Waals surface area contributed by atoms with E-state index in [-0.39, 0.29) is 18.2 Å². The van der Waals surface area contributed by atoms with E-state index in [1.54, 1.807) is 0 Å². The van der Waals surface area contributed by atoms with Gasteiger partial charge < -0.3 is 4.74 Å². The van der Waals surface area contributed by atoms with Crippen LogP contribution in [0.3, 0.4) is 0 Å². The van der Waals surface area contributed by atoms with E-state index in [0.29, 0.717) is 6.61 Å². The Labute approximate surface area is 102 Å². The van der Waals surface area contributed by atoms with Crippen molar-refractivity contribution in [2.75, 3.05) is 6.61 Å². The van der Waals surface area contributed by atoms with E-state index >= 15 is 0 Å². The van der Waals surface area contributed by atoms with Crippen LogP contribution in [0.25, 0.3) is 0 Å². The zero-order chi connectivity index (χ0) is 12.4. The molecule has 17 heavy (non-hydrogen) atoms. The smallest absolute Gasteiger partial charge is 0.410 e. The molecule has 1 aromatic rings. The Morgan fingerprint density at radius 3 is 2.94 bits per heavy atom. The molecule has 0 bridgehead atoms. The number of aryl methyl sites for hydroxylation is 1. The second kappa shape index (κ2) is 4.73. The van der Waals surface area contributed by atoms with E-state index in [4.69, 9.17) is 4.74 Å².